The number of pyridine rings is 1. The van der Waals surface area contributed by atoms with Gasteiger partial charge in [-0.1, -0.05) is 206 Å². The first-order valence-corrected chi connectivity index (χ1v) is 34.1. The lowest BCUT2D eigenvalue weighted by Gasteiger charge is -2.39. The third-order valence-corrected chi connectivity index (χ3v) is 22.8. The first kappa shape index (κ1) is 53.1. The molecule has 0 saturated heterocycles. The summed E-state index contributed by atoms with van der Waals surface area (Å²) in [4.78, 5) is 5.54. The van der Waals surface area contributed by atoms with Crippen molar-refractivity contribution in [3.63, 3.8) is 0 Å². The van der Waals surface area contributed by atoms with Crippen LogP contribution in [0.1, 0.15) is 33.4 Å². The van der Waals surface area contributed by atoms with Crippen LogP contribution in [-0.4, -0.2) is 14.1 Å². The number of nitrogens with zero attached hydrogens (tertiary/aromatic N) is 3. The Bertz CT molecular complexity index is 6470. The standard InChI is InChI=1S/C91H53N3O2S/c1-9-26-74-60(18-1)68-48-54(36-42-75(68)90(74,58-40-46-87-72(52-58)66-24-7-15-34-85(66)96-87)59-41-47-89-73(53-59)67-25-8-16-35-88(67)97-89)55-37-43-76-69(49-55)70-50-56(78-27-17-28-79(92-78)57-39-45-86-71(51-57)65-23-6-14-33-84(65)95-86)38-44-77(70)91(76,93-80-29-10-2-19-61(80)62-20-3-11-30-81(62)93)94-82-31-12-4-21-63(82)64-22-5-13-32-83(64)94/h1-53H. The molecule has 450 valence electrons. The second-order valence-electron chi connectivity index (χ2n) is 26.3. The third kappa shape index (κ3) is 7.13. The summed E-state index contributed by atoms with van der Waals surface area (Å²) in [5.74, 6) is 0. The Balaban J connectivity index is 0.800. The average molecular weight is 1250 g/mol. The van der Waals surface area contributed by atoms with E-state index in [1.807, 2.05) is 23.5 Å². The van der Waals surface area contributed by atoms with Gasteiger partial charge in [-0.2, -0.15) is 0 Å². The Morgan fingerprint density at radius 1 is 0.258 bits per heavy atom. The zero-order chi connectivity index (χ0) is 63.2. The van der Waals surface area contributed by atoms with E-state index in [2.05, 4.69) is 319 Å². The number of fused-ring (bicyclic) bond motifs is 21. The summed E-state index contributed by atoms with van der Waals surface area (Å²) in [6, 6.07) is 120. The van der Waals surface area contributed by atoms with Crippen LogP contribution in [0.25, 0.3) is 164 Å². The highest BCUT2D eigenvalue weighted by Crippen LogP contribution is 2.60. The van der Waals surface area contributed by atoms with Gasteiger partial charge in [0.05, 0.1) is 38.9 Å². The van der Waals surface area contributed by atoms with Gasteiger partial charge < -0.3 is 18.0 Å². The number of rotatable bonds is 7. The van der Waals surface area contributed by atoms with Crippen LogP contribution in [0.2, 0.25) is 0 Å². The molecular weight excluding hydrogens is 1200 g/mol. The van der Waals surface area contributed by atoms with Crippen molar-refractivity contribution in [1.29, 1.82) is 0 Å². The molecule has 20 aromatic rings. The van der Waals surface area contributed by atoms with E-state index in [0.717, 1.165) is 105 Å². The summed E-state index contributed by atoms with van der Waals surface area (Å²) >= 11 is 1.87. The number of benzene rings is 14. The van der Waals surface area contributed by atoms with Gasteiger partial charge in [0, 0.05) is 85.5 Å². The van der Waals surface area contributed by atoms with E-state index in [0.29, 0.717) is 0 Å². The number of para-hydroxylation sites is 6. The maximum Gasteiger partial charge on any atom is 0.176 e. The normalized spacial score (nSPS) is 14.7. The number of hydrogen-bond acceptors (Lipinski definition) is 4. The van der Waals surface area contributed by atoms with Crippen molar-refractivity contribution < 1.29 is 8.83 Å². The maximum absolute atomic E-state index is 6.56. The summed E-state index contributed by atoms with van der Waals surface area (Å²) in [5, 5.41) is 11.8. The molecule has 2 aliphatic rings. The van der Waals surface area contributed by atoms with E-state index in [1.54, 1.807) is 0 Å². The van der Waals surface area contributed by atoms with Gasteiger partial charge in [0.2, 0.25) is 0 Å². The van der Waals surface area contributed by atoms with Crippen LogP contribution >= 0.6 is 11.3 Å². The van der Waals surface area contributed by atoms with Gasteiger partial charge in [0.25, 0.3) is 0 Å². The van der Waals surface area contributed by atoms with Gasteiger partial charge in [0.1, 0.15) is 22.3 Å². The lowest BCUT2D eigenvalue weighted by atomic mass is 9.67. The van der Waals surface area contributed by atoms with Crippen LogP contribution in [0.15, 0.2) is 330 Å². The van der Waals surface area contributed by atoms with Crippen LogP contribution in [0.3, 0.4) is 0 Å². The fraction of sp³-hybridized carbons (Fsp3) is 0.0220. The largest absolute Gasteiger partial charge is 0.456 e. The molecule has 0 radical (unpaired) electrons. The van der Waals surface area contributed by atoms with Gasteiger partial charge in [-0.3, -0.25) is 0 Å². The zero-order valence-electron chi connectivity index (χ0n) is 52.2. The molecule has 0 saturated carbocycles. The van der Waals surface area contributed by atoms with E-state index in [9.17, 15) is 0 Å². The second kappa shape index (κ2) is 19.6. The highest BCUT2D eigenvalue weighted by Gasteiger charge is 2.51. The van der Waals surface area contributed by atoms with Crippen molar-refractivity contribution in [2.24, 2.45) is 0 Å². The van der Waals surface area contributed by atoms with E-state index in [4.69, 9.17) is 13.8 Å². The summed E-state index contributed by atoms with van der Waals surface area (Å²) < 4.78 is 20.8. The molecule has 0 bridgehead atoms. The minimum atomic E-state index is -0.960. The molecule has 6 aromatic heterocycles. The lowest BCUT2D eigenvalue weighted by molar-refractivity contribution is 0.415. The number of hydrogen-bond donors (Lipinski definition) is 0. The minimum absolute atomic E-state index is 0.683. The predicted molar refractivity (Wildman–Crippen MR) is 401 cm³/mol. The highest BCUT2D eigenvalue weighted by atomic mass is 32.1. The van der Waals surface area contributed by atoms with Gasteiger partial charge >= 0.3 is 0 Å². The molecule has 1 unspecified atom stereocenters. The summed E-state index contributed by atoms with van der Waals surface area (Å²) in [7, 11) is 0. The van der Waals surface area contributed by atoms with E-state index >= 15 is 0 Å². The zero-order valence-corrected chi connectivity index (χ0v) is 53.0. The Labute approximate surface area is 560 Å². The molecule has 14 aromatic carbocycles. The molecule has 0 aliphatic heterocycles. The van der Waals surface area contributed by atoms with Crippen LogP contribution in [-0.2, 0) is 11.1 Å². The Morgan fingerprint density at radius 2 is 0.660 bits per heavy atom. The van der Waals surface area contributed by atoms with Crippen molar-refractivity contribution in [3.05, 3.63) is 355 Å². The number of aromatic nitrogens is 3. The van der Waals surface area contributed by atoms with Crippen molar-refractivity contribution in [1.82, 2.24) is 14.1 Å². The molecule has 0 amide bonds. The predicted octanol–water partition coefficient (Wildman–Crippen LogP) is 24.1. The summed E-state index contributed by atoms with van der Waals surface area (Å²) in [6.07, 6.45) is 0. The molecule has 0 N–H and O–H groups in total. The number of furan rings is 2. The van der Waals surface area contributed by atoms with Crippen LogP contribution < -0.4 is 0 Å². The van der Waals surface area contributed by atoms with E-state index < -0.39 is 11.1 Å². The lowest BCUT2D eigenvalue weighted by Crippen LogP contribution is -2.41. The van der Waals surface area contributed by atoms with Crippen LogP contribution in [0.5, 0.6) is 0 Å². The Hall–Kier alpha value is -12.4. The van der Waals surface area contributed by atoms with Gasteiger partial charge in [-0.15, -0.1) is 11.3 Å². The minimum Gasteiger partial charge on any atom is -0.456 e. The third-order valence-electron chi connectivity index (χ3n) is 21.6. The SMILES string of the molecule is c1cc(-c2ccc3c(c2)-c2cc(-c4ccc5c(c4)-c4ccccc4C5(c4ccc5oc6ccccc6c5c4)c4ccc5sc6ccccc6c5c4)ccc2C3(n2c3ccccc3c3ccccc32)n2c3ccccc3c3ccccc32)nc(-c2ccc3oc4ccccc4c3c2)c1. The van der Waals surface area contributed by atoms with Gasteiger partial charge in [0.15, 0.2) is 5.66 Å². The molecule has 0 spiro atoms. The quantitative estimate of drug-likeness (QED) is 0.160. The molecule has 22 rings (SSSR count). The highest BCUT2D eigenvalue weighted by molar-refractivity contribution is 7.25. The molecule has 97 heavy (non-hydrogen) atoms. The van der Waals surface area contributed by atoms with E-state index in [-0.39, 0.29) is 0 Å². The fourth-order valence-corrected chi connectivity index (χ4v) is 18.6. The van der Waals surface area contributed by atoms with Crippen molar-refractivity contribution >= 4 is 119 Å². The smallest absolute Gasteiger partial charge is 0.176 e. The van der Waals surface area contributed by atoms with Crippen LogP contribution in [0, 0.1) is 0 Å². The molecule has 1 atom stereocenters. The summed E-state index contributed by atoms with van der Waals surface area (Å²) in [6.45, 7) is 0. The molecule has 0 fully saturated rings. The molecule has 5 nitrogen and oxygen atoms in total. The number of thiophene rings is 1. The first-order valence-electron chi connectivity index (χ1n) is 33.3. The average Bonchev–Trinajstić information content (AvgIpc) is 1.51. The van der Waals surface area contributed by atoms with Crippen LogP contribution in [0.4, 0.5) is 0 Å². The van der Waals surface area contributed by atoms with Crippen molar-refractivity contribution in [2.75, 3.05) is 0 Å². The maximum atomic E-state index is 6.56. The van der Waals surface area contributed by atoms with Crippen molar-refractivity contribution in [2.45, 2.75) is 11.1 Å². The van der Waals surface area contributed by atoms with Crippen molar-refractivity contribution in [3.8, 4) is 55.9 Å². The van der Waals surface area contributed by atoms with Gasteiger partial charge in [-0.25, -0.2) is 4.98 Å². The fourth-order valence-electron chi connectivity index (χ4n) is 17.6. The Morgan fingerprint density at radius 3 is 1.27 bits per heavy atom. The molecule has 2 aliphatic carbocycles. The Kier molecular flexibility index (Phi) is 10.7. The van der Waals surface area contributed by atoms with Gasteiger partial charge in [-0.05, 0) is 171 Å². The topological polar surface area (TPSA) is 49.0 Å². The molecule has 6 heterocycles. The molecule has 6 heteroatoms. The summed E-state index contributed by atoms with van der Waals surface area (Å²) in [5.41, 5.74) is 24.7. The molecular formula is C91H53N3O2S. The monoisotopic (exact) mass is 1250 g/mol. The second-order valence-corrected chi connectivity index (χ2v) is 27.4. The first-order chi connectivity index (χ1) is 48.1. The van der Waals surface area contributed by atoms with E-state index in [1.165, 1.54) is 91.8 Å².